The molecule has 0 saturated heterocycles. The van der Waals surface area contributed by atoms with E-state index in [1.807, 2.05) is 12.1 Å². The van der Waals surface area contributed by atoms with E-state index in [-0.39, 0.29) is 18.7 Å². The molecule has 20 heavy (non-hydrogen) atoms. The molecule has 2 aromatic rings. The predicted octanol–water partition coefficient (Wildman–Crippen LogP) is 2.22. The minimum absolute atomic E-state index is 0.0201. The number of amides is 1. The van der Waals surface area contributed by atoms with E-state index in [1.165, 1.54) is 18.2 Å². The highest BCUT2D eigenvalue weighted by atomic mass is 19.1. The summed E-state index contributed by atoms with van der Waals surface area (Å²) in [5.41, 5.74) is 6.27. The second kappa shape index (κ2) is 6.56. The fourth-order valence-corrected chi connectivity index (χ4v) is 1.68. The number of halogens is 1. The molecule has 0 fully saturated rings. The van der Waals surface area contributed by atoms with E-state index in [1.54, 1.807) is 18.2 Å². The van der Waals surface area contributed by atoms with Gasteiger partial charge in [-0.05, 0) is 24.3 Å². The number of nitrogens with two attached hydrogens (primary N) is 1. The molecular formula is C15H15FN2O2. The molecule has 5 heteroatoms. The highest BCUT2D eigenvalue weighted by molar-refractivity contribution is 5.94. The van der Waals surface area contributed by atoms with Crippen molar-refractivity contribution < 1.29 is 13.9 Å². The number of nitrogens with one attached hydrogen (secondary N) is 1. The molecule has 0 aliphatic rings. The summed E-state index contributed by atoms with van der Waals surface area (Å²) in [6.07, 6.45) is 0. The lowest BCUT2D eigenvalue weighted by Gasteiger charge is -2.09. The smallest absolute Gasteiger partial charge is 0.254 e. The molecule has 0 bridgehead atoms. The number of hydrogen-bond acceptors (Lipinski definition) is 3. The maximum absolute atomic E-state index is 13.4. The van der Waals surface area contributed by atoms with Gasteiger partial charge in [-0.3, -0.25) is 4.79 Å². The monoisotopic (exact) mass is 274 g/mol. The van der Waals surface area contributed by atoms with Gasteiger partial charge >= 0.3 is 0 Å². The standard InChI is InChI=1S/C15H15FN2O2/c16-12-6-2-1-5-11(12)15(19)18-9-10-20-14-8-4-3-7-13(14)17/h1-8H,9-10,17H2,(H,18,19). The van der Waals surface area contributed by atoms with Crippen LogP contribution in [0.5, 0.6) is 5.75 Å². The average molecular weight is 274 g/mol. The Kier molecular flexibility index (Phi) is 4.55. The van der Waals surface area contributed by atoms with Crippen LogP contribution in [0.25, 0.3) is 0 Å². The first-order valence-corrected chi connectivity index (χ1v) is 6.18. The third kappa shape index (κ3) is 3.47. The van der Waals surface area contributed by atoms with Crippen molar-refractivity contribution in [2.45, 2.75) is 0 Å². The number of anilines is 1. The first kappa shape index (κ1) is 13.9. The van der Waals surface area contributed by atoms with Crippen molar-refractivity contribution in [1.82, 2.24) is 5.32 Å². The minimum Gasteiger partial charge on any atom is -0.490 e. The third-order valence-electron chi connectivity index (χ3n) is 2.68. The Morgan fingerprint density at radius 1 is 1.15 bits per heavy atom. The van der Waals surface area contributed by atoms with E-state index in [0.717, 1.165) is 0 Å². The van der Waals surface area contributed by atoms with E-state index in [4.69, 9.17) is 10.5 Å². The second-order valence-electron chi connectivity index (χ2n) is 4.12. The molecule has 0 atom stereocenters. The van der Waals surface area contributed by atoms with Gasteiger partial charge in [0.1, 0.15) is 18.2 Å². The van der Waals surface area contributed by atoms with Crippen molar-refractivity contribution in [3.8, 4) is 5.75 Å². The lowest BCUT2D eigenvalue weighted by molar-refractivity contribution is 0.0943. The lowest BCUT2D eigenvalue weighted by atomic mass is 10.2. The van der Waals surface area contributed by atoms with Crippen molar-refractivity contribution in [3.63, 3.8) is 0 Å². The molecule has 1 amide bonds. The Morgan fingerprint density at radius 2 is 1.85 bits per heavy atom. The molecule has 2 aromatic carbocycles. The lowest BCUT2D eigenvalue weighted by Crippen LogP contribution is -2.28. The Morgan fingerprint density at radius 3 is 2.60 bits per heavy atom. The maximum atomic E-state index is 13.4. The van der Waals surface area contributed by atoms with Gasteiger partial charge in [-0.1, -0.05) is 24.3 Å². The highest BCUT2D eigenvalue weighted by Gasteiger charge is 2.09. The van der Waals surface area contributed by atoms with Gasteiger partial charge in [0.2, 0.25) is 0 Å². The summed E-state index contributed by atoms with van der Waals surface area (Å²) < 4.78 is 18.8. The molecule has 0 saturated carbocycles. The molecule has 4 nitrogen and oxygen atoms in total. The Balaban J connectivity index is 1.81. The zero-order valence-corrected chi connectivity index (χ0v) is 10.8. The van der Waals surface area contributed by atoms with Crippen molar-refractivity contribution >= 4 is 11.6 Å². The Bertz CT molecular complexity index is 602. The summed E-state index contributed by atoms with van der Waals surface area (Å²) in [6, 6.07) is 12.9. The van der Waals surface area contributed by atoms with Gasteiger partial charge in [0, 0.05) is 0 Å². The van der Waals surface area contributed by atoms with Crippen LogP contribution in [0.3, 0.4) is 0 Å². The SMILES string of the molecule is Nc1ccccc1OCCNC(=O)c1ccccc1F. The summed E-state index contributed by atoms with van der Waals surface area (Å²) in [6.45, 7) is 0.524. The van der Waals surface area contributed by atoms with Gasteiger partial charge in [-0.15, -0.1) is 0 Å². The molecule has 0 radical (unpaired) electrons. The fourth-order valence-electron chi connectivity index (χ4n) is 1.68. The molecular weight excluding hydrogens is 259 g/mol. The van der Waals surface area contributed by atoms with Crippen LogP contribution in [0.15, 0.2) is 48.5 Å². The summed E-state index contributed by atoms with van der Waals surface area (Å²) in [4.78, 5) is 11.7. The first-order valence-electron chi connectivity index (χ1n) is 6.18. The number of rotatable bonds is 5. The summed E-state index contributed by atoms with van der Waals surface area (Å²) in [5, 5.41) is 2.58. The van der Waals surface area contributed by atoms with E-state index in [2.05, 4.69) is 5.32 Å². The Labute approximate surface area is 116 Å². The van der Waals surface area contributed by atoms with Gasteiger partial charge in [-0.2, -0.15) is 0 Å². The maximum Gasteiger partial charge on any atom is 0.254 e. The van der Waals surface area contributed by atoms with Crippen molar-refractivity contribution in [1.29, 1.82) is 0 Å². The quantitative estimate of drug-likeness (QED) is 0.649. The van der Waals surface area contributed by atoms with Crippen LogP contribution in [0.4, 0.5) is 10.1 Å². The molecule has 0 aliphatic heterocycles. The number of benzene rings is 2. The normalized spacial score (nSPS) is 10.1. The van der Waals surface area contributed by atoms with Gasteiger partial charge in [0.25, 0.3) is 5.91 Å². The zero-order valence-electron chi connectivity index (χ0n) is 10.8. The average Bonchev–Trinajstić information content (AvgIpc) is 2.45. The largest absolute Gasteiger partial charge is 0.490 e. The molecule has 104 valence electrons. The Hall–Kier alpha value is -2.56. The van der Waals surface area contributed by atoms with Crippen molar-refractivity contribution in [2.24, 2.45) is 0 Å². The van der Waals surface area contributed by atoms with Crippen LogP contribution in [0.2, 0.25) is 0 Å². The van der Waals surface area contributed by atoms with Crippen LogP contribution in [0.1, 0.15) is 10.4 Å². The summed E-state index contributed by atoms with van der Waals surface area (Å²) >= 11 is 0. The highest BCUT2D eigenvalue weighted by Crippen LogP contribution is 2.19. The van der Waals surface area contributed by atoms with Crippen LogP contribution in [0, 0.1) is 5.82 Å². The van der Waals surface area contributed by atoms with Crippen LogP contribution in [-0.4, -0.2) is 19.1 Å². The van der Waals surface area contributed by atoms with Gasteiger partial charge < -0.3 is 15.8 Å². The van der Waals surface area contributed by atoms with Crippen molar-refractivity contribution in [3.05, 3.63) is 59.9 Å². The van der Waals surface area contributed by atoms with Crippen molar-refractivity contribution in [2.75, 3.05) is 18.9 Å². The number of carbonyl (C=O) groups is 1. The zero-order chi connectivity index (χ0) is 14.4. The molecule has 0 aromatic heterocycles. The molecule has 0 unspecified atom stereocenters. The van der Waals surface area contributed by atoms with E-state index in [0.29, 0.717) is 11.4 Å². The van der Waals surface area contributed by atoms with Gasteiger partial charge in [-0.25, -0.2) is 4.39 Å². The number of carbonyl (C=O) groups excluding carboxylic acids is 1. The van der Waals surface area contributed by atoms with E-state index < -0.39 is 11.7 Å². The summed E-state index contributed by atoms with van der Waals surface area (Å²) in [7, 11) is 0. The first-order chi connectivity index (χ1) is 9.68. The van der Waals surface area contributed by atoms with Gasteiger partial charge in [0.15, 0.2) is 0 Å². The van der Waals surface area contributed by atoms with Crippen LogP contribution >= 0.6 is 0 Å². The van der Waals surface area contributed by atoms with Gasteiger partial charge in [0.05, 0.1) is 17.8 Å². The molecule has 0 spiro atoms. The topological polar surface area (TPSA) is 64.3 Å². The van der Waals surface area contributed by atoms with Crippen LogP contribution < -0.4 is 15.8 Å². The second-order valence-corrected chi connectivity index (χ2v) is 4.12. The number of nitrogen functional groups attached to an aromatic ring is 1. The minimum atomic E-state index is -0.543. The third-order valence-corrected chi connectivity index (χ3v) is 2.68. The molecule has 2 rings (SSSR count). The molecule has 3 N–H and O–H groups in total. The number of para-hydroxylation sites is 2. The number of ether oxygens (including phenoxy) is 1. The molecule has 0 heterocycles. The van der Waals surface area contributed by atoms with Crippen LogP contribution in [-0.2, 0) is 0 Å². The fraction of sp³-hybridized carbons (Fsp3) is 0.133. The summed E-state index contributed by atoms with van der Waals surface area (Å²) in [5.74, 6) is -0.446. The molecule has 0 aliphatic carbocycles. The van der Waals surface area contributed by atoms with E-state index >= 15 is 0 Å². The van der Waals surface area contributed by atoms with E-state index in [9.17, 15) is 9.18 Å². The number of hydrogen-bond donors (Lipinski definition) is 2. The predicted molar refractivity (Wildman–Crippen MR) is 75.1 cm³/mol.